The largest absolute Gasteiger partial charge is 0.296 e. The van der Waals surface area contributed by atoms with Gasteiger partial charge in [0.1, 0.15) is 5.01 Å². The van der Waals surface area contributed by atoms with Crippen molar-refractivity contribution in [2.45, 2.75) is 20.8 Å². The van der Waals surface area contributed by atoms with Crippen LogP contribution in [0.5, 0.6) is 0 Å². The first kappa shape index (κ1) is 11.7. The molecule has 1 N–H and O–H groups in total. The van der Waals surface area contributed by atoms with Gasteiger partial charge in [0.25, 0.3) is 5.91 Å². The Morgan fingerprint density at radius 2 is 1.76 bits per heavy atom. The minimum Gasteiger partial charge on any atom is -0.296 e. The van der Waals surface area contributed by atoms with Gasteiger partial charge in [0.15, 0.2) is 0 Å². The molecule has 1 heterocycles. The van der Waals surface area contributed by atoms with Crippen LogP contribution in [0.4, 0.5) is 5.13 Å². The highest BCUT2D eigenvalue weighted by Crippen LogP contribution is 2.16. The Hall–Kier alpha value is -1.75. The number of carbonyl (C=O) groups is 1. The minimum atomic E-state index is -0.145. The van der Waals surface area contributed by atoms with E-state index in [0.717, 1.165) is 16.1 Å². The average molecular weight is 247 g/mol. The van der Waals surface area contributed by atoms with Crippen LogP contribution in [0.15, 0.2) is 18.2 Å². The fraction of sp³-hybridized carbons (Fsp3) is 0.250. The first-order valence-corrected chi connectivity index (χ1v) is 6.06. The van der Waals surface area contributed by atoms with Gasteiger partial charge in [-0.15, -0.1) is 10.2 Å². The number of aromatic nitrogens is 2. The van der Waals surface area contributed by atoms with E-state index in [0.29, 0.717) is 10.7 Å². The monoisotopic (exact) mass is 247 g/mol. The molecular formula is C12H13N3OS. The molecule has 0 saturated heterocycles. The Morgan fingerprint density at radius 1 is 1.12 bits per heavy atom. The molecule has 0 aliphatic rings. The minimum absolute atomic E-state index is 0.145. The molecule has 2 rings (SSSR count). The van der Waals surface area contributed by atoms with Gasteiger partial charge < -0.3 is 0 Å². The van der Waals surface area contributed by atoms with Crippen LogP contribution in [0.25, 0.3) is 0 Å². The summed E-state index contributed by atoms with van der Waals surface area (Å²) in [6.45, 7) is 5.79. The summed E-state index contributed by atoms with van der Waals surface area (Å²) in [5.74, 6) is -0.145. The summed E-state index contributed by atoms with van der Waals surface area (Å²) in [6.07, 6.45) is 0. The first-order chi connectivity index (χ1) is 8.04. The van der Waals surface area contributed by atoms with E-state index in [-0.39, 0.29) is 5.91 Å². The molecule has 0 unspecified atom stereocenters. The number of carbonyl (C=O) groups excluding carboxylic acids is 1. The van der Waals surface area contributed by atoms with Crippen molar-refractivity contribution in [1.82, 2.24) is 10.2 Å². The molecule has 0 aliphatic carbocycles. The molecule has 5 heteroatoms. The van der Waals surface area contributed by atoms with E-state index in [1.54, 1.807) is 0 Å². The third-order valence-electron chi connectivity index (χ3n) is 2.23. The molecule has 4 nitrogen and oxygen atoms in total. The molecule has 88 valence electrons. The van der Waals surface area contributed by atoms with Crippen molar-refractivity contribution in [3.05, 3.63) is 39.9 Å². The third kappa shape index (κ3) is 2.88. The molecule has 0 aliphatic heterocycles. The number of nitrogens with one attached hydrogen (secondary N) is 1. The maximum atomic E-state index is 12.0. The van der Waals surface area contributed by atoms with Crippen LogP contribution in [-0.2, 0) is 0 Å². The zero-order chi connectivity index (χ0) is 12.4. The third-order valence-corrected chi connectivity index (χ3v) is 2.98. The van der Waals surface area contributed by atoms with E-state index in [9.17, 15) is 4.79 Å². The lowest BCUT2D eigenvalue weighted by atomic mass is 10.1. The van der Waals surface area contributed by atoms with Gasteiger partial charge >= 0.3 is 0 Å². The van der Waals surface area contributed by atoms with E-state index in [1.807, 2.05) is 39.0 Å². The van der Waals surface area contributed by atoms with Crippen LogP contribution in [0.1, 0.15) is 26.5 Å². The zero-order valence-electron chi connectivity index (χ0n) is 9.94. The summed E-state index contributed by atoms with van der Waals surface area (Å²) in [5, 5.41) is 11.8. The van der Waals surface area contributed by atoms with E-state index in [4.69, 9.17) is 0 Å². The van der Waals surface area contributed by atoms with Crippen LogP contribution in [0, 0.1) is 20.8 Å². The molecule has 0 atom stereocenters. The smallest absolute Gasteiger partial charge is 0.257 e. The molecule has 1 aromatic carbocycles. The molecule has 0 fully saturated rings. The van der Waals surface area contributed by atoms with Gasteiger partial charge in [-0.3, -0.25) is 10.1 Å². The summed E-state index contributed by atoms with van der Waals surface area (Å²) >= 11 is 1.36. The maximum Gasteiger partial charge on any atom is 0.257 e. The van der Waals surface area contributed by atoms with Crippen molar-refractivity contribution in [1.29, 1.82) is 0 Å². The second-order valence-electron chi connectivity index (χ2n) is 3.96. The Kier molecular flexibility index (Phi) is 3.19. The number of benzene rings is 1. The lowest BCUT2D eigenvalue weighted by molar-refractivity contribution is 0.102. The van der Waals surface area contributed by atoms with Crippen LogP contribution in [0.2, 0.25) is 0 Å². The van der Waals surface area contributed by atoms with Crippen LogP contribution in [0.3, 0.4) is 0 Å². The fourth-order valence-electron chi connectivity index (χ4n) is 1.62. The van der Waals surface area contributed by atoms with Crippen LogP contribution in [-0.4, -0.2) is 16.1 Å². The second-order valence-corrected chi connectivity index (χ2v) is 5.14. The number of hydrogen-bond donors (Lipinski definition) is 1. The van der Waals surface area contributed by atoms with Crippen LogP contribution < -0.4 is 5.32 Å². The maximum absolute atomic E-state index is 12.0. The van der Waals surface area contributed by atoms with Gasteiger partial charge in [0.05, 0.1) is 0 Å². The van der Waals surface area contributed by atoms with Crippen LogP contribution >= 0.6 is 11.3 Å². The standard InChI is InChI=1S/C12H13N3OS/c1-7-4-8(2)6-10(5-7)11(16)13-12-15-14-9(3)17-12/h4-6H,1-3H3,(H,13,15,16). The van der Waals surface area contributed by atoms with Gasteiger partial charge in [-0.25, -0.2) is 0 Å². The molecule has 2 aromatic rings. The van der Waals surface area contributed by atoms with E-state index in [2.05, 4.69) is 15.5 Å². The molecular weight excluding hydrogens is 234 g/mol. The summed E-state index contributed by atoms with van der Waals surface area (Å²) < 4.78 is 0. The molecule has 0 saturated carbocycles. The van der Waals surface area contributed by atoms with Gasteiger partial charge in [-0.2, -0.15) is 0 Å². The summed E-state index contributed by atoms with van der Waals surface area (Å²) in [4.78, 5) is 12.0. The average Bonchev–Trinajstić information content (AvgIpc) is 2.62. The Bertz CT molecular complexity index is 542. The second kappa shape index (κ2) is 4.63. The number of hydrogen-bond acceptors (Lipinski definition) is 4. The summed E-state index contributed by atoms with van der Waals surface area (Å²) in [5.41, 5.74) is 2.79. The molecule has 0 bridgehead atoms. The van der Waals surface area contributed by atoms with E-state index in [1.165, 1.54) is 11.3 Å². The molecule has 1 amide bonds. The first-order valence-electron chi connectivity index (χ1n) is 5.24. The summed E-state index contributed by atoms with van der Waals surface area (Å²) in [7, 11) is 0. The van der Waals surface area contributed by atoms with Crippen molar-refractivity contribution < 1.29 is 4.79 Å². The number of nitrogens with zero attached hydrogens (tertiary/aromatic N) is 2. The highest BCUT2D eigenvalue weighted by molar-refractivity contribution is 7.15. The van der Waals surface area contributed by atoms with E-state index >= 15 is 0 Å². The topological polar surface area (TPSA) is 54.9 Å². The quantitative estimate of drug-likeness (QED) is 0.887. The van der Waals surface area contributed by atoms with Gasteiger partial charge in [-0.1, -0.05) is 28.5 Å². The number of aryl methyl sites for hydroxylation is 3. The zero-order valence-corrected chi connectivity index (χ0v) is 10.8. The lowest BCUT2D eigenvalue weighted by Gasteiger charge is -2.04. The number of amides is 1. The predicted octanol–water partition coefficient (Wildman–Crippen LogP) is 2.72. The Balaban J connectivity index is 2.19. The SMILES string of the molecule is Cc1cc(C)cc(C(=O)Nc2nnc(C)s2)c1. The molecule has 0 spiro atoms. The van der Waals surface area contributed by atoms with Gasteiger partial charge in [0, 0.05) is 5.56 Å². The van der Waals surface area contributed by atoms with Gasteiger partial charge in [-0.05, 0) is 32.9 Å². The Labute approximate surface area is 104 Å². The lowest BCUT2D eigenvalue weighted by Crippen LogP contribution is -2.12. The highest BCUT2D eigenvalue weighted by Gasteiger charge is 2.09. The summed E-state index contributed by atoms with van der Waals surface area (Å²) in [6, 6.07) is 5.75. The molecule has 1 aromatic heterocycles. The molecule has 0 radical (unpaired) electrons. The predicted molar refractivity (Wildman–Crippen MR) is 68.5 cm³/mol. The highest BCUT2D eigenvalue weighted by atomic mass is 32.1. The van der Waals surface area contributed by atoms with Crippen molar-refractivity contribution >= 4 is 22.4 Å². The molecule has 17 heavy (non-hydrogen) atoms. The van der Waals surface area contributed by atoms with Gasteiger partial charge in [0.2, 0.25) is 5.13 Å². The fourth-order valence-corrected chi connectivity index (χ4v) is 2.21. The van der Waals surface area contributed by atoms with Crippen molar-refractivity contribution in [3.63, 3.8) is 0 Å². The Morgan fingerprint density at radius 3 is 2.29 bits per heavy atom. The van der Waals surface area contributed by atoms with Crippen molar-refractivity contribution in [3.8, 4) is 0 Å². The number of anilines is 1. The normalized spacial score (nSPS) is 10.3. The van der Waals surface area contributed by atoms with Crippen molar-refractivity contribution in [2.24, 2.45) is 0 Å². The van der Waals surface area contributed by atoms with E-state index < -0.39 is 0 Å². The van der Waals surface area contributed by atoms with Crippen molar-refractivity contribution in [2.75, 3.05) is 5.32 Å². The number of rotatable bonds is 2.